The van der Waals surface area contributed by atoms with Gasteiger partial charge >= 0.3 is 5.69 Å². The Morgan fingerprint density at radius 3 is 2.62 bits per heavy atom. The summed E-state index contributed by atoms with van der Waals surface area (Å²) in [5, 5.41) is 22.4. The topological polar surface area (TPSA) is 156 Å². The van der Waals surface area contributed by atoms with E-state index in [1.165, 1.54) is 33.7 Å². The first-order valence-corrected chi connectivity index (χ1v) is 14.0. The number of benzene rings is 1. The monoisotopic (exact) mass is 579 g/mol. The molecule has 1 aromatic carbocycles. The van der Waals surface area contributed by atoms with Crippen LogP contribution < -0.4 is 26.6 Å². The molecular formula is C29H34FN7O5. The number of hydrogen-bond donors (Lipinski definition) is 4. The number of aliphatic hydroxyl groups is 1. The fourth-order valence-electron chi connectivity index (χ4n) is 5.15. The van der Waals surface area contributed by atoms with Crippen LogP contribution >= 0.6 is 0 Å². The molecule has 1 unspecified atom stereocenters. The third-order valence-corrected chi connectivity index (χ3v) is 7.37. The quantitative estimate of drug-likeness (QED) is 0.228. The Hall–Kier alpha value is -4.52. The van der Waals surface area contributed by atoms with Gasteiger partial charge in [-0.05, 0) is 45.7 Å². The molecule has 13 heteroatoms. The minimum absolute atomic E-state index is 0.109. The van der Waals surface area contributed by atoms with Gasteiger partial charge in [-0.15, -0.1) is 0 Å². The molecule has 1 aliphatic rings. The highest BCUT2D eigenvalue weighted by atomic mass is 19.1. The first kappa shape index (κ1) is 29.0. The van der Waals surface area contributed by atoms with Gasteiger partial charge in [-0.3, -0.25) is 23.8 Å². The minimum atomic E-state index is -0.758. The third kappa shape index (κ3) is 5.77. The zero-order valence-electron chi connectivity index (χ0n) is 23.7. The van der Waals surface area contributed by atoms with Gasteiger partial charge in [-0.1, -0.05) is 19.3 Å². The lowest BCUT2D eigenvalue weighted by molar-refractivity contribution is 0.102. The number of amides is 1. The van der Waals surface area contributed by atoms with E-state index in [-0.39, 0.29) is 47.5 Å². The Bertz CT molecular complexity index is 1720. The predicted octanol–water partition coefficient (Wildman–Crippen LogP) is 4.34. The minimum Gasteiger partial charge on any atom is -0.453 e. The summed E-state index contributed by atoms with van der Waals surface area (Å²) in [7, 11) is 0. The lowest BCUT2D eigenvalue weighted by Gasteiger charge is -2.25. The van der Waals surface area contributed by atoms with E-state index in [2.05, 4.69) is 25.8 Å². The Morgan fingerprint density at radius 1 is 1.17 bits per heavy atom. The summed E-state index contributed by atoms with van der Waals surface area (Å²) in [6.45, 7) is 5.25. The molecular weight excluding hydrogens is 545 g/mol. The van der Waals surface area contributed by atoms with Crippen LogP contribution in [0, 0.1) is 5.82 Å². The molecule has 0 bridgehead atoms. The molecule has 1 amide bonds. The van der Waals surface area contributed by atoms with Gasteiger partial charge < -0.3 is 20.5 Å². The van der Waals surface area contributed by atoms with Crippen LogP contribution in [0.4, 0.5) is 15.9 Å². The summed E-state index contributed by atoms with van der Waals surface area (Å²) in [5.41, 5.74) is -0.753. The Morgan fingerprint density at radius 2 is 1.93 bits per heavy atom. The molecule has 1 aliphatic carbocycles. The number of carbonyl (C=O) groups is 1. The first-order valence-electron chi connectivity index (χ1n) is 14.0. The second kappa shape index (κ2) is 12.1. The number of aliphatic hydroxyl groups excluding tert-OH is 1. The Labute approximate surface area is 240 Å². The number of hydrogen-bond acceptors (Lipinski definition) is 8. The predicted molar refractivity (Wildman–Crippen MR) is 156 cm³/mol. The molecule has 3 aromatic heterocycles. The number of pyridine rings is 1. The highest BCUT2D eigenvalue weighted by Gasteiger charge is 2.25. The van der Waals surface area contributed by atoms with E-state index in [1.54, 1.807) is 26.8 Å². The molecule has 222 valence electrons. The van der Waals surface area contributed by atoms with Gasteiger partial charge in [0.1, 0.15) is 16.7 Å². The summed E-state index contributed by atoms with van der Waals surface area (Å²) < 4.78 is 23.7. The molecule has 0 aliphatic heterocycles. The van der Waals surface area contributed by atoms with Crippen LogP contribution in [-0.2, 0) is 0 Å². The molecule has 1 saturated carbocycles. The number of ether oxygens (including phenoxy) is 1. The Kier molecular flexibility index (Phi) is 8.39. The van der Waals surface area contributed by atoms with E-state index in [1.807, 2.05) is 0 Å². The molecule has 4 N–H and O–H groups in total. The normalized spacial score (nSPS) is 14.7. The highest BCUT2D eigenvalue weighted by Crippen LogP contribution is 2.34. The third-order valence-electron chi connectivity index (χ3n) is 7.37. The summed E-state index contributed by atoms with van der Waals surface area (Å²) in [6, 6.07) is 4.63. The molecule has 1 fully saturated rings. The van der Waals surface area contributed by atoms with Gasteiger partial charge in [0, 0.05) is 48.3 Å². The fourth-order valence-corrected chi connectivity index (χ4v) is 5.15. The van der Waals surface area contributed by atoms with E-state index in [4.69, 9.17) is 4.74 Å². The van der Waals surface area contributed by atoms with E-state index >= 15 is 4.39 Å². The number of carbonyl (C=O) groups excluding carboxylic acids is 1. The van der Waals surface area contributed by atoms with Gasteiger partial charge in [0.2, 0.25) is 0 Å². The van der Waals surface area contributed by atoms with Crippen molar-refractivity contribution in [2.75, 3.05) is 17.2 Å². The smallest absolute Gasteiger partial charge is 0.331 e. The number of H-pyrrole nitrogens is 1. The SMILES string of the molecule is CC(CO)Nc1n[nH]c2nccc(Oc3ccc(NC(=O)c4cn(C(C)C)c(=O)n(C5CCCCC5)c4=O)cc3F)c12. The van der Waals surface area contributed by atoms with E-state index in [9.17, 15) is 19.5 Å². The molecule has 0 radical (unpaired) electrons. The lowest BCUT2D eigenvalue weighted by atomic mass is 9.95. The van der Waals surface area contributed by atoms with E-state index in [0.29, 0.717) is 29.7 Å². The maximum absolute atomic E-state index is 15.2. The van der Waals surface area contributed by atoms with Crippen molar-refractivity contribution in [1.82, 2.24) is 24.3 Å². The van der Waals surface area contributed by atoms with Crippen molar-refractivity contribution >= 4 is 28.4 Å². The Balaban J connectivity index is 1.41. The van der Waals surface area contributed by atoms with E-state index in [0.717, 1.165) is 25.3 Å². The van der Waals surface area contributed by atoms with Gasteiger partial charge in [-0.2, -0.15) is 5.10 Å². The molecule has 1 atom stereocenters. The van der Waals surface area contributed by atoms with Gasteiger partial charge in [0.05, 0.1) is 6.61 Å². The molecule has 0 saturated heterocycles. The van der Waals surface area contributed by atoms with Crippen LogP contribution in [0.15, 0.2) is 46.2 Å². The molecule has 0 spiro atoms. The summed E-state index contributed by atoms with van der Waals surface area (Å²) >= 11 is 0. The number of aromatic amines is 1. The van der Waals surface area contributed by atoms with Crippen LogP contribution in [0.25, 0.3) is 11.0 Å². The molecule has 12 nitrogen and oxygen atoms in total. The van der Waals surface area contributed by atoms with Gasteiger partial charge in [0.25, 0.3) is 11.5 Å². The van der Waals surface area contributed by atoms with Crippen molar-refractivity contribution in [3.8, 4) is 11.5 Å². The number of nitrogens with zero attached hydrogens (tertiary/aromatic N) is 4. The van der Waals surface area contributed by atoms with Crippen molar-refractivity contribution in [2.24, 2.45) is 0 Å². The number of aromatic nitrogens is 5. The largest absolute Gasteiger partial charge is 0.453 e. The van der Waals surface area contributed by atoms with Crippen molar-refractivity contribution < 1.29 is 19.0 Å². The van der Waals surface area contributed by atoms with Crippen LogP contribution in [0.2, 0.25) is 0 Å². The van der Waals surface area contributed by atoms with Crippen molar-refractivity contribution in [3.05, 3.63) is 68.9 Å². The van der Waals surface area contributed by atoms with Crippen LogP contribution in [0.3, 0.4) is 0 Å². The number of halogens is 1. The average Bonchev–Trinajstić information content (AvgIpc) is 3.38. The summed E-state index contributed by atoms with van der Waals surface area (Å²) in [4.78, 5) is 44.0. The molecule has 3 heterocycles. The maximum atomic E-state index is 15.2. The van der Waals surface area contributed by atoms with E-state index < -0.39 is 23.0 Å². The molecule has 4 aromatic rings. The summed E-state index contributed by atoms with van der Waals surface area (Å²) in [6.07, 6.45) is 7.03. The molecule has 5 rings (SSSR count). The standard InChI is InChI=1S/C29H34FN7O5/c1-16(2)36-14-20(28(40)37(29(36)41)19-7-5-4-6-8-19)27(39)33-18-9-10-22(21(30)13-18)42-23-11-12-31-25-24(23)26(35-34-25)32-17(3)15-38/h9-14,16-17,19,38H,4-8,15H2,1-3H3,(H,33,39)(H2,31,32,34,35). The van der Waals surface area contributed by atoms with Crippen LogP contribution in [0.5, 0.6) is 11.5 Å². The lowest BCUT2D eigenvalue weighted by Crippen LogP contribution is -2.45. The van der Waals surface area contributed by atoms with Gasteiger partial charge in [0.15, 0.2) is 23.0 Å². The zero-order chi connectivity index (χ0) is 30.0. The number of rotatable bonds is 9. The number of anilines is 2. The van der Waals surface area contributed by atoms with Crippen LogP contribution in [0.1, 0.15) is 75.3 Å². The maximum Gasteiger partial charge on any atom is 0.331 e. The summed E-state index contributed by atoms with van der Waals surface area (Å²) in [5.74, 6) is -0.950. The highest BCUT2D eigenvalue weighted by molar-refractivity contribution is 6.03. The van der Waals surface area contributed by atoms with Crippen molar-refractivity contribution in [1.29, 1.82) is 0 Å². The zero-order valence-corrected chi connectivity index (χ0v) is 23.7. The fraction of sp³-hybridized carbons (Fsp3) is 0.414. The number of nitrogens with one attached hydrogen (secondary N) is 3. The van der Waals surface area contributed by atoms with Crippen molar-refractivity contribution in [2.45, 2.75) is 71.0 Å². The second-order valence-electron chi connectivity index (χ2n) is 10.8. The van der Waals surface area contributed by atoms with Crippen LogP contribution in [-0.4, -0.2) is 48.0 Å². The molecule has 42 heavy (non-hydrogen) atoms. The first-order chi connectivity index (χ1) is 20.2. The van der Waals surface area contributed by atoms with Crippen molar-refractivity contribution in [3.63, 3.8) is 0 Å². The number of fused-ring (bicyclic) bond motifs is 1. The average molecular weight is 580 g/mol. The second-order valence-corrected chi connectivity index (χ2v) is 10.8. The van der Waals surface area contributed by atoms with Gasteiger partial charge in [-0.25, -0.2) is 14.2 Å².